The van der Waals surface area contributed by atoms with Gasteiger partial charge in [0.25, 0.3) is 0 Å². The van der Waals surface area contributed by atoms with Gasteiger partial charge in [0.15, 0.2) is 0 Å². The number of carboxylic acids is 1. The molecule has 0 saturated carbocycles. The van der Waals surface area contributed by atoms with Crippen molar-refractivity contribution in [3.63, 3.8) is 0 Å². The predicted molar refractivity (Wildman–Crippen MR) is 61.0 cm³/mol. The number of rotatable bonds is 2. The number of anilines is 1. The Bertz CT molecular complexity index is 472. The number of hydrogen-bond donors (Lipinski definition) is 3. The van der Waals surface area contributed by atoms with Gasteiger partial charge in [0.2, 0.25) is 0 Å². The number of urea groups is 1. The number of aliphatic hydroxyl groups is 1. The number of nitrogens with one attached hydrogen (secondary N) is 1. The molecule has 0 bridgehead atoms. The van der Waals surface area contributed by atoms with Crippen molar-refractivity contribution in [2.24, 2.45) is 7.05 Å². The SMILES string of the molecule is Cn1cc(NC(=O)N2CC(O)CC2C(=O)O)cn1. The van der Waals surface area contributed by atoms with E-state index in [0.717, 1.165) is 4.90 Å². The van der Waals surface area contributed by atoms with E-state index in [9.17, 15) is 14.7 Å². The van der Waals surface area contributed by atoms with Gasteiger partial charge in [-0.3, -0.25) is 4.68 Å². The summed E-state index contributed by atoms with van der Waals surface area (Å²) in [5.74, 6) is -1.12. The number of aliphatic hydroxyl groups excluding tert-OH is 1. The second-order valence-electron chi connectivity index (χ2n) is 4.23. The van der Waals surface area contributed by atoms with Gasteiger partial charge in [-0.05, 0) is 0 Å². The zero-order chi connectivity index (χ0) is 13.3. The molecule has 2 rings (SSSR count). The highest BCUT2D eigenvalue weighted by molar-refractivity contribution is 5.92. The van der Waals surface area contributed by atoms with Crippen LogP contribution in [0.3, 0.4) is 0 Å². The molecule has 2 unspecified atom stereocenters. The number of aliphatic carboxylic acids is 1. The Labute approximate surface area is 103 Å². The van der Waals surface area contributed by atoms with Gasteiger partial charge < -0.3 is 20.4 Å². The minimum absolute atomic E-state index is 0.0169. The van der Waals surface area contributed by atoms with Crippen LogP contribution in [-0.2, 0) is 11.8 Å². The van der Waals surface area contributed by atoms with Crippen LogP contribution in [0.4, 0.5) is 10.5 Å². The number of carbonyl (C=O) groups is 2. The molecule has 2 amide bonds. The molecule has 0 spiro atoms. The van der Waals surface area contributed by atoms with Gasteiger partial charge in [0, 0.05) is 26.2 Å². The van der Waals surface area contributed by atoms with E-state index in [4.69, 9.17) is 5.11 Å². The third kappa shape index (κ3) is 2.43. The van der Waals surface area contributed by atoms with Crippen LogP contribution in [0.25, 0.3) is 0 Å². The summed E-state index contributed by atoms with van der Waals surface area (Å²) in [5.41, 5.74) is 0.480. The molecule has 98 valence electrons. The van der Waals surface area contributed by atoms with Crippen molar-refractivity contribution in [1.82, 2.24) is 14.7 Å². The standard InChI is InChI=1S/C10H14N4O4/c1-13-4-6(3-11-13)12-10(18)14-5-7(15)2-8(14)9(16)17/h3-4,7-8,15H,2,5H2,1H3,(H,12,18)(H,16,17). The molecule has 1 aromatic heterocycles. The summed E-state index contributed by atoms with van der Waals surface area (Å²) >= 11 is 0. The Morgan fingerprint density at radius 2 is 2.28 bits per heavy atom. The molecule has 1 aromatic rings. The van der Waals surface area contributed by atoms with Crippen molar-refractivity contribution in [3.8, 4) is 0 Å². The number of likely N-dealkylation sites (tertiary alicyclic amines) is 1. The average molecular weight is 254 g/mol. The maximum atomic E-state index is 11.9. The normalized spacial score (nSPS) is 23.1. The molecule has 8 nitrogen and oxygen atoms in total. The fourth-order valence-electron chi connectivity index (χ4n) is 1.95. The summed E-state index contributed by atoms with van der Waals surface area (Å²) in [6, 6.07) is -1.54. The second kappa shape index (κ2) is 4.65. The van der Waals surface area contributed by atoms with E-state index in [-0.39, 0.29) is 13.0 Å². The Balaban J connectivity index is 2.06. The topological polar surface area (TPSA) is 108 Å². The molecular weight excluding hydrogens is 240 g/mol. The minimum Gasteiger partial charge on any atom is -0.480 e. The monoisotopic (exact) mass is 254 g/mol. The lowest BCUT2D eigenvalue weighted by Crippen LogP contribution is -2.42. The van der Waals surface area contributed by atoms with E-state index in [0.29, 0.717) is 5.69 Å². The number of carbonyl (C=O) groups excluding carboxylic acids is 1. The quantitative estimate of drug-likeness (QED) is 0.657. The van der Waals surface area contributed by atoms with Crippen molar-refractivity contribution in [3.05, 3.63) is 12.4 Å². The summed E-state index contributed by atoms with van der Waals surface area (Å²) in [5, 5.41) is 24.8. The third-order valence-electron chi connectivity index (χ3n) is 2.78. The predicted octanol–water partition coefficient (Wildman–Crippen LogP) is -0.528. The molecule has 0 aliphatic carbocycles. The Kier molecular flexibility index (Phi) is 3.19. The molecule has 1 saturated heterocycles. The number of nitrogens with zero attached hydrogens (tertiary/aromatic N) is 3. The van der Waals surface area contributed by atoms with Crippen LogP contribution in [-0.4, -0.2) is 55.6 Å². The van der Waals surface area contributed by atoms with Crippen molar-refractivity contribution in [2.75, 3.05) is 11.9 Å². The van der Waals surface area contributed by atoms with E-state index in [1.54, 1.807) is 13.2 Å². The number of amides is 2. The smallest absolute Gasteiger partial charge is 0.326 e. The van der Waals surface area contributed by atoms with Crippen LogP contribution < -0.4 is 5.32 Å². The third-order valence-corrected chi connectivity index (χ3v) is 2.78. The summed E-state index contributed by atoms with van der Waals surface area (Å²) in [6.07, 6.45) is 2.31. The summed E-state index contributed by atoms with van der Waals surface area (Å²) < 4.78 is 1.52. The van der Waals surface area contributed by atoms with Gasteiger partial charge in [0.1, 0.15) is 6.04 Å². The van der Waals surface area contributed by atoms with Gasteiger partial charge in [-0.2, -0.15) is 5.10 Å². The summed E-state index contributed by atoms with van der Waals surface area (Å²) in [7, 11) is 1.70. The highest BCUT2D eigenvalue weighted by atomic mass is 16.4. The van der Waals surface area contributed by atoms with Crippen LogP contribution in [0.1, 0.15) is 6.42 Å². The molecule has 1 aliphatic heterocycles. The van der Waals surface area contributed by atoms with E-state index >= 15 is 0 Å². The molecule has 2 atom stereocenters. The summed E-state index contributed by atoms with van der Waals surface area (Å²) in [6.45, 7) is 0.0169. The molecule has 1 aliphatic rings. The Morgan fingerprint density at radius 3 is 2.83 bits per heavy atom. The van der Waals surface area contributed by atoms with Gasteiger partial charge in [0.05, 0.1) is 18.0 Å². The Morgan fingerprint density at radius 1 is 1.56 bits per heavy atom. The first-order chi connectivity index (χ1) is 8.47. The van der Waals surface area contributed by atoms with E-state index in [1.165, 1.54) is 10.9 Å². The number of carboxylic acid groups (broad SMARTS) is 1. The molecule has 3 N–H and O–H groups in total. The molecule has 1 fully saturated rings. The van der Waals surface area contributed by atoms with Crippen LogP contribution in [0.2, 0.25) is 0 Å². The first-order valence-electron chi connectivity index (χ1n) is 5.44. The highest BCUT2D eigenvalue weighted by Gasteiger charge is 2.39. The maximum absolute atomic E-state index is 11.9. The lowest BCUT2D eigenvalue weighted by molar-refractivity contribution is -0.141. The van der Waals surface area contributed by atoms with E-state index in [1.807, 2.05) is 0 Å². The maximum Gasteiger partial charge on any atom is 0.326 e. The largest absolute Gasteiger partial charge is 0.480 e. The van der Waals surface area contributed by atoms with Gasteiger partial charge in [-0.25, -0.2) is 9.59 Å². The van der Waals surface area contributed by atoms with Gasteiger partial charge in [-0.1, -0.05) is 0 Å². The fourth-order valence-corrected chi connectivity index (χ4v) is 1.95. The first-order valence-corrected chi connectivity index (χ1v) is 5.44. The van der Waals surface area contributed by atoms with Crippen LogP contribution in [0, 0.1) is 0 Å². The fraction of sp³-hybridized carbons (Fsp3) is 0.500. The number of aromatic nitrogens is 2. The van der Waals surface area contributed by atoms with Gasteiger partial charge >= 0.3 is 12.0 Å². The lowest BCUT2D eigenvalue weighted by Gasteiger charge is -2.20. The van der Waals surface area contributed by atoms with Gasteiger partial charge in [-0.15, -0.1) is 0 Å². The minimum atomic E-state index is -1.12. The zero-order valence-electron chi connectivity index (χ0n) is 9.78. The van der Waals surface area contributed by atoms with E-state index in [2.05, 4.69) is 10.4 Å². The van der Waals surface area contributed by atoms with Crippen molar-refractivity contribution in [1.29, 1.82) is 0 Å². The number of β-amino-alcohol motifs (C(OH)–C–C–N with tert-alkyl or cyclic N) is 1. The molecular formula is C10H14N4O4. The molecule has 2 heterocycles. The van der Waals surface area contributed by atoms with Crippen molar-refractivity contribution < 1.29 is 19.8 Å². The van der Waals surface area contributed by atoms with Crippen molar-refractivity contribution >= 4 is 17.7 Å². The number of aryl methyl sites for hydroxylation is 1. The first kappa shape index (κ1) is 12.4. The molecule has 0 radical (unpaired) electrons. The lowest BCUT2D eigenvalue weighted by atomic mass is 10.2. The van der Waals surface area contributed by atoms with E-state index < -0.39 is 24.1 Å². The van der Waals surface area contributed by atoms with Crippen LogP contribution >= 0.6 is 0 Å². The number of hydrogen-bond acceptors (Lipinski definition) is 4. The van der Waals surface area contributed by atoms with Crippen LogP contribution in [0.5, 0.6) is 0 Å². The molecule has 18 heavy (non-hydrogen) atoms. The highest BCUT2D eigenvalue weighted by Crippen LogP contribution is 2.19. The van der Waals surface area contributed by atoms with Crippen LogP contribution in [0.15, 0.2) is 12.4 Å². The summed E-state index contributed by atoms with van der Waals surface area (Å²) in [4.78, 5) is 24.0. The molecule has 8 heteroatoms. The second-order valence-corrected chi connectivity index (χ2v) is 4.23. The Hall–Kier alpha value is -2.09. The molecule has 0 aromatic carbocycles. The average Bonchev–Trinajstić information content (AvgIpc) is 2.85. The van der Waals surface area contributed by atoms with Crippen molar-refractivity contribution in [2.45, 2.75) is 18.6 Å². The zero-order valence-corrected chi connectivity index (χ0v) is 9.78.